The third-order valence-electron chi connectivity index (χ3n) is 2.29. The van der Waals surface area contributed by atoms with E-state index < -0.39 is 6.09 Å². The second kappa shape index (κ2) is 5.01. The molecule has 0 fully saturated rings. The lowest BCUT2D eigenvalue weighted by Gasteiger charge is -2.01. The van der Waals surface area contributed by atoms with E-state index in [4.69, 9.17) is 11.0 Å². The summed E-state index contributed by atoms with van der Waals surface area (Å²) in [5, 5.41) is 8.70. The molecule has 1 aromatic heterocycles. The molecule has 0 saturated heterocycles. The first-order valence-corrected chi connectivity index (χ1v) is 5.14. The lowest BCUT2D eigenvalue weighted by atomic mass is 10.2. The van der Waals surface area contributed by atoms with Gasteiger partial charge in [0.15, 0.2) is 0 Å². The van der Waals surface area contributed by atoms with Gasteiger partial charge >= 0.3 is 6.09 Å². The van der Waals surface area contributed by atoms with Crippen molar-refractivity contribution in [3.8, 4) is 11.8 Å². The van der Waals surface area contributed by atoms with Crippen molar-refractivity contribution in [1.82, 2.24) is 9.55 Å². The highest BCUT2D eigenvalue weighted by atomic mass is 16.5. The molecular formula is C12H10N4O2. The lowest BCUT2D eigenvalue weighted by Crippen LogP contribution is -2.12. The molecule has 1 aromatic carbocycles. The Labute approximate surface area is 103 Å². The van der Waals surface area contributed by atoms with Crippen molar-refractivity contribution in [2.75, 3.05) is 0 Å². The van der Waals surface area contributed by atoms with Crippen molar-refractivity contribution < 1.29 is 9.53 Å². The van der Waals surface area contributed by atoms with Gasteiger partial charge in [0.25, 0.3) is 0 Å². The molecule has 0 spiro atoms. The molecule has 1 amide bonds. The minimum atomic E-state index is -0.831. The van der Waals surface area contributed by atoms with Crippen LogP contribution in [0.1, 0.15) is 11.3 Å². The molecule has 6 nitrogen and oxygen atoms in total. The van der Waals surface area contributed by atoms with Crippen molar-refractivity contribution in [2.45, 2.75) is 6.61 Å². The second-order valence-corrected chi connectivity index (χ2v) is 3.54. The van der Waals surface area contributed by atoms with Crippen LogP contribution in [0, 0.1) is 11.3 Å². The average Bonchev–Trinajstić information content (AvgIpc) is 2.85. The maximum Gasteiger partial charge on any atom is 0.404 e. The Kier molecular flexibility index (Phi) is 3.25. The predicted octanol–water partition coefficient (Wildman–Crippen LogP) is 1.34. The minimum absolute atomic E-state index is 0.0403. The summed E-state index contributed by atoms with van der Waals surface area (Å²) in [6.45, 7) is 0.0403. The number of amides is 1. The molecule has 2 rings (SSSR count). The first kappa shape index (κ1) is 11.7. The first-order chi connectivity index (χ1) is 8.69. The fraction of sp³-hybridized carbons (Fsp3) is 0.0833. The van der Waals surface area contributed by atoms with Crippen LogP contribution in [-0.2, 0) is 11.3 Å². The summed E-state index contributed by atoms with van der Waals surface area (Å²) in [5.74, 6) is 0. The van der Waals surface area contributed by atoms with Gasteiger partial charge in [-0.05, 0) is 24.3 Å². The van der Waals surface area contributed by atoms with E-state index in [0.717, 1.165) is 5.69 Å². The van der Waals surface area contributed by atoms with Crippen molar-refractivity contribution >= 4 is 6.09 Å². The third-order valence-corrected chi connectivity index (χ3v) is 2.29. The zero-order valence-electron chi connectivity index (χ0n) is 9.41. The summed E-state index contributed by atoms with van der Waals surface area (Å²) in [4.78, 5) is 14.5. The molecule has 0 unspecified atom stereocenters. The van der Waals surface area contributed by atoms with Crippen LogP contribution < -0.4 is 5.73 Å². The summed E-state index contributed by atoms with van der Waals surface area (Å²) in [7, 11) is 0. The molecule has 2 aromatic rings. The van der Waals surface area contributed by atoms with Crippen LogP contribution in [0.2, 0.25) is 0 Å². The molecule has 0 atom stereocenters. The molecule has 0 saturated carbocycles. The number of benzene rings is 1. The van der Waals surface area contributed by atoms with Gasteiger partial charge in [0.2, 0.25) is 0 Å². The topological polar surface area (TPSA) is 93.9 Å². The number of nitriles is 1. The lowest BCUT2D eigenvalue weighted by molar-refractivity contribution is 0.149. The van der Waals surface area contributed by atoms with E-state index in [0.29, 0.717) is 11.3 Å². The van der Waals surface area contributed by atoms with Crippen molar-refractivity contribution in [1.29, 1.82) is 5.26 Å². The van der Waals surface area contributed by atoms with E-state index in [1.807, 2.05) is 6.07 Å². The zero-order chi connectivity index (χ0) is 13.0. The van der Waals surface area contributed by atoms with Crippen LogP contribution in [0.4, 0.5) is 4.79 Å². The largest absolute Gasteiger partial charge is 0.443 e. The first-order valence-electron chi connectivity index (χ1n) is 5.14. The van der Waals surface area contributed by atoms with Crippen LogP contribution in [0.5, 0.6) is 0 Å². The zero-order valence-corrected chi connectivity index (χ0v) is 9.41. The summed E-state index contributed by atoms with van der Waals surface area (Å²) in [6, 6.07) is 9.09. The monoisotopic (exact) mass is 242 g/mol. The predicted molar refractivity (Wildman–Crippen MR) is 62.7 cm³/mol. The molecule has 0 radical (unpaired) electrons. The highest BCUT2D eigenvalue weighted by Crippen LogP contribution is 2.10. The van der Waals surface area contributed by atoms with E-state index in [1.54, 1.807) is 41.4 Å². The molecular weight excluding hydrogens is 232 g/mol. The average molecular weight is 242 g/mol. The summed E-state index contributed by atoms with van der Waals surface area (Å²) in [5.41, 5.74) is 6.92. The Morgan fingerprint density at radius 1 is 1.44 bits per heavy atom. The highest BCUT2D eigenvalue weighted by Gasteiger charge is 2.03. The van der Waals surface area contributed by atoms with E-state index in [-0.39, 0.29) is 6.61 Å². The van der Waals surface area contributed by atoms with E-state index in [9.17, 15) is 4.79 Å². The molecule has 0 bridgehead atoms. The number of nitrogens with zero attached hydrogens (tertiary/aromatic N) is 3. The molecule has 18 heavy (non-hydrogen) atoms. The van der Waals surface area contributed by atoms with Crippen LogP contribution in [0.3, 0.4) is 0 Å². The third kappa shape index (κ3) is 2.65. The standard InChI is InChI=1S/C12H10N4O2/c13-5-9-1-3-11(4-2-9)16-6-10(15-8-16)7-18-12(14)17/h1-4,6,8H,7H2,(H2,14,17). The summed E-state index contributed by atoms with van der Waals surface area (Å²) >= 11 is 0. The number of ether oxygens (including phenoxy) is 1. The van der Waals surface area contributed by atoms with Crippen LogP contribution >= 0.6 is 0 Å². The maximum atomic E-state index is 10.5. The van der Waals surface area contributed by atoms with Crippen molar-refractivity contribution in [3.63, 3.8) is 0 Å². The van der Waals surface area contributed by atoms with Crippen molar-refractivity contribution in [3.05, 3.63) is 48.0 Å². The van der Waals surface area contributed by atoms with Gasteiger partial charge in [0, 0.05) is 11.9 Å². The van der Waals surface area contributed by atoms with Crippen molar-refractivity contribution in [2.24, 2.45) is 5.73 Å². The molecule has 0 aliphatic rings. The van der Waals surface area contributed by atoms with Gasteiger partial charge in [-0.15, -0.1) is 0 Å². The molecule has 0 aliphatic carbocycles. The fourth-order valence-electron chi connectivity index (χ4n) is 1.43. The Morgan fingerprint density at radius 2 is 2.17 bits per heavy atom. The number of imidazole rings is 1. The van der Waals surface area contributed by atoms with E-state index >= 15 is 0 Å². The quantitative estimate of drug-likeness (QED) is 0.878. The van der Waals surface area contributed by atoms with E-state index in [2.05, 4.69) is 9.72 Å². The van der Waals surface area contributed by atoms with Crippen LogP contribution in [-0.4, -0.2) is 15.6 Å². The Balaban J connectivity index is 2.13. The number of rotatable bonds is 3. The maximum absolute atomic E-state index is 10.5. The number of hydrogen-bond donors (Lipinski definition) is 1. The Morgan fingerprint density at radius 3 is 2.78 bits per heavy atom. The highest BCUT2D eigenvalue weighted by molar-refractivity contribution is 5.64. The number of aromatic nitrogens is 2. The molecule has 90 valence electrons. The SMILES string of the molecule is N#Cc1ccc(-n2cnc(COC(N)=O)c2)cc1. The van der Waals surface area contributed by atoms with Crippen LogP contribution in [0.15, 0.2) is 36.8 Å². The molecule has 2 N–H and O–H groups in total. The summed E-state index contributed by atoms with van der Waals surface area (Å²) < 4.78 is 6.40. The fourth-order valence-corrected chi connectivity index (χ4v) is 1.43. The minimum Gasteiger partial charge on any atom is -0.443 e. The number of hydrogen-bond acceptors (Lipinski definition) is 4. The van der Waals surface area contributed by atoms with Gasteiger partial charge in [-0.25, -0.2) is 9.78 Å². The van der Waals surface area contributed by atoms with Gasteiger partial charge in [-0.2, -0.15) is 5.26 Å². The molecule has 0 aliphatic heterocycles. The van der Waals surface area contributed by atoms with Gasteiger partial charge in [-0.1, -0.05) is 0 Å². The van der Waals surface area contributed by atoms with E-state index in [1.165, 1.54) is 0 Å². The molecule has 6 heteroatoms. The smallest absolute Gasteiger partial charge is 0.404 e. The second-order valence-electron chi connectivity index (χ2n) is 3.54. The number of carbonyl (C=O) groups excluding carboxylic acids is 1. The van der Waals surface area contributed by atoms with Crippen LogP contribution in [0.25, 0.3) is 5.69 Å². The van der Waals surface area contributed by atoms with Gasteiger partial charge < -0.3 is 15.0 Å². The summed E-state index contributed by atoms with van der Waals surface area (Å²) in [6.07, 6.45) is 2.49. The number of carbonyl (C=O) groups is 1. The van der Waals surface area contributed by atoms with Gasteiger partial charge in [0.05, 0.1) is 23.7 Å². The number of primary amides is 1. The normalized spacial score (nSPS) is 9.72. The number of nitrogens with two attached hydrogens (primary N) is 1. The van der Waals surface area contributed by atoms with Gasteiger partial charge in [0.1, 0.15) is 6.61 Å². The van der Waals surface area contributed by atoms with Gasteiger partial charge in [-0.3, -0.25) is 0 Å². The Hall–Kier alpha value is -2.81. The molecule has 1 heterocycles. The Bertz CT molecular complexity index is 595.